The van der Waals surface area contributed by atoms with Gasteiger partial charge in [-0.1, -0.05) is 30.3 Å². The van der Waals surface area contributed by atoms with Crippen molar-refractivity contribution in [2.45, 2.75) is 25.3 Å². The number of aromatic nitrogens is 1. The first-order chi connectivity index (χ1) is 9.97. The van der Waals surface area contributed by atoms with E-state index >= 15 is 0 Å². The Bertz CT molecular complexity index is 556. The molecule has 0 bridgehead atoms. The number of hydrogen-bond acceptors (Lipinski definition) is 3. The van der Waals surface area contributed by atoms with Gasteiger partial charge in [0, 0.05) is 23.7 Å². The Morgan fingerprint density at radius 2 is 1.90 bits per heavy atom. The molecule has 0 aliphatic rings. The van der Waals surface area contributed by atoms with Gasteiger partial charge in [0.15, 0.2) is 6.61 Å². The largest absolute Gasteiger partial charge is 0.485 e. The Labute approximate surface area is 122 Å². The highest BCUT2D eigenvalue weighted by Gasteiger charge is 2.32. The quantitative estimate of drug-likeness (QED) is 0.889. The van der Waals surface area contributed by atoms with E-state index in [-0.39, 0.29) is 11.6 Å². The van der Waals surface area contributed by atoms with Gasteiger partial charge in [-0.05, 0) is 19.1 Å². The molecule has 0 fully saturated rings. The van der Waals surface area contributed by atoms with Crippen LogP contribution in [-0.2, 0) is 12.3 Å². The SMILES string of the molecule is CC(N)Cc1ccc(OCC(F)(F)c2ccccc2)cn1. The number of nitrogens with zero attached hydrogens (tertiary/aromatic N) is 1. The van der Waals surface area contributed by atoms with Crippen molar-refractivity contribution in [1.29, 1.82) is 0 Å². The molecule has 1 aromatic carbocycles. The van der Waals surface area contributed by atoms with Crippen LogP contribution in [0, 0.1) is 0 Å². The molecule has 1 heterocycles. The van der Waals surface area contributed by atoms with Gasteiger partial charge in [-0.15, -0.1) is 0 Å². The van der Waals surface area contributed by atoms with Gasteiger partial charge in [-0.2, -0.15) is 8.78 Å². The molecule has 0 spiro atoms. The summed E-state index contributed by atoms with van der Waals surface area (Å²) in [5, 5.41) is 0. The highest BCUT2D eigenvalue weighted by Crippen LogP contribution is 2.28. The number of alkyl halides is 2. The van der Waals surface area contributed by atoms with Crippen LogP contribution in [0.25, 0.3) is 0 Å². The van der Waals surface area contributed by atoms with Crippen LogP contribution in [0.15, 0.2) is 48.7 Å². The average Bonchev–Trinajstić information content (AvgIpc) is 2.47. The zero-order chi connectivity index (χ0) is 15.3. The molecule has 1 atom stereocenters. The zero-order valence-corrected chi connectivity index (χ0v) is 11.8. The minimum absolute atomic E-state index is 0.00619. The first kappa shape index (κ1) is 15.4. The molecule has 0 saturated heterocycles. The molecule has 112 valence electrons. The number of ether oxygens (including phenoxy) is 1. The molecule has 2 N–H and O–H groups in total. The fourth-order valence-electron chi connectivity index (χ4n) is 1.89. The van der Waals surface area contributed by atoms with Crippen molar-refractivity contribution in [3.05, 3.63) is 59.9 Å². The number of hydrogen-bond donors (Lipinski definition) is 1. The lowest BCUT2D eigenvalue weighted by molar-refractivity contribution is -0.0468. The second kappa shape index (κ2) is 6.63. The topological polar surface area (TPSA) is 48.1 Å². The lowest BCUT2D eigenvalue weighted by Crippen LogP contribution is -2.23. The number of benzene rings is 1. The van der Waals surface area contributed by atoms with E-state index in [1.54, 1.807) is 30.3 Å². The smallest absolute Gasteiger partial charge is 0.306 e. The summed E-state index contributed by atoms with van der Waals surface area (Å²) in [6.45, 7) is 1.16. The third-order valence-electron chi connectivity index (χ3n) is 2.94. The minimum atomic E-state index is -3.04. The molecule has 2 aromatic rings. The summed E-state index contributed by atoms with van der Waals surface area (Å²) < 4.78 is 33.0. The van der Waals surface area contributed by atoms with E-state index in [4.69, 9.17) is 10.5 Å². The van der Waals surface area contributed by atoms with Gasteiger partial charge in [-0.3, -0.25) is 4.98 Å². The highest BCUT2D eigenvalue weighted by molar-refractivity contribution is 5.23. The second-order valence-corrected chi connectivity index (χ2v) is 5.03. The van der Waals surface area contributed by atoms with E-state index in [0.717, 1.165) is 5.69 Å². The summed E-state index contributed by atoms with van der Waals surface area (Å²) in [5.74, 6) is -2.72. The second-order valence-electron chi connectivity index (χ2n) is 5.03. The van der Waals surface area contributed by atoms with Gasteiger partial charge in [0.25, 0.3) is 0 Å². The molecule has 0 aliphatic carbocycles. The van der Waals surface area contributed by atoms with Crippen LogP contribution in [0.3, 0.4) is 0 Å². The molecule has 2 rings (SSSR count). The van der Waals surface area contributed by atoms with E-state index in [9.17, 15) is 8.78 Å². The van der Waals surface area contributed by atoms with Crippen molar-refractivity contribution in [2.24, 2.45) is 5.73 Å². The molecular formula is C16H18F2N2O. The van der Waals surface area contributed by atoms with Gasteiger partial charge in [-0.25, -0.2) is 0 Å². The zero-order valence-electron chi connectivity index (χ0n) is 11.8. The fourth-order valence-corrected chi connectivity index (χ4v) is 1.89. The van der Waals surface area contributed by atoms with Crippen LogP contribution < -0.4 is 10.5 Å². The molecule has 0 saturated carbocycles. The maximum Gasteiger partial charge on any atom is 0.306 e. The minimum Gasteiger partial charge on any atom is -0.485 e. The van der Waals surface area contributed by atoms with E-state index in [2.05, 4.69) is 4.98 Å². The summed E-state index contributed by atoms with van der Waals surface area (Å²) >= 11 is 0. The van der Waals surface area contributed by atoms with Gasteiger partial charge in [0.1, 0.15) is 5.75 Å². The predicted octanol–water partition coefficient (Wildman–Crippen LogP) is 3.14. The fraction of sp³-hybridized carbons (Fsp3) is 0.312. The van der Waals surface area contributed by atoms with Crippen molar-refractivity contribution in [3.63, 3.8) is 0 Å². The molecule has 5 heteroatoms. The molecule has 0 radical (unpaired) electrons. The lowest BCUT2D eigenvalue weighted by atomic mass is 10.1. The van der Waals surface area contributed by atoms with Gasteiger partial charge >= 0.3 is 5.92 Å². The maximum absolute atomic E-state index is 13.9. The summed E-state index contributed by atoms with van der Waals surface area (Å²) in [5.41, 5.74) is 6.42. The van der Waals surface area contributed by atoms with E-state index in [0.29, 0.717) is 12.2 Å². The Hall–Kier alpha value is -2.01. The van der Waals surface area contributed by atoms with Crippen molar-refractivity contribution in [2.75, 3.05) is 6.61 Å². The molecular weight excluding hydrogens is 274 g/mol. The van der Waals surface area contributed by atoms with Crippen LogP contribution in [0.1, 0.15) is 18.2 Å². The molecule has 21 heavy (non-hydrogen) atoms. The Morgan fingerprint density at radius 1 is 1.19 bits per heavy atom. The number of pyridine rings is 1. The van der Waals surface area contributed by atoms with E-state index < -0.39 is 12.5 Å². The van der Waals surface area contributed by atoms with Crippen molar-refractivity contribution >= 4 is 0 Å². The van der Waals surface area contributed by atoms with Gasteiger partial charge in [0.2, 0.25) is 0 Å². The van der Waals surface area contributed by atoms with Crippen molar-refractivity contribution in [1.82, 2.24) is 4.98 Å². The van der Waals surface area contributed by atoms with Crippen LogP contribution in [0.5, 0.6) is 5.75 Å². The standard InChI is InChI=1S/C16H18F2N2O/c1-12(19)9-14-7-8-15(10-20-14)21-11-16(17,18)13-5-3-2-4-6-13/h2-8,10,12H,9,11,19H2,1H3. The van der Waals surface area contributed by atoms with Crippen LogP contribution in [0.4, 0.5) is 8.78 Å². The van der Waals surface area contributed by atoms with Crippen molar-refractivity contribution in [3.8, 4) is 5.75 Å². The van der Waals surface area contributed by atoms with E-state index in [1.807, 2.05) is 6.92 Å². The third kappa shape index (κ3) is 4.49. The Kier molecular flexibility index (Phi) is 4.85. The first-order valence-corrected chi connectivity index (χ1v) is 6.74. The summed E-state index contributed by atoms with van der Waals surface area (Å²) in [6, 6.07) is 11.0. The molecule has 3 nitrogen and oxygen atoms in total. The maximum atomic E-state index is 13.9. The molecule has 1 unspecified atom stereocenters. The Morgan fingerprint density at radius 3 is 2.48 bits per heavy atom. The first-order valence-electron chi connectivity index (χ1n) is 6.74. The summed E-state index contributed by atoms with van der Waals surface area (Å²) in [7, 11) is 0. The lowest BCUT2D eigenvalue weighted by Gasteiger charge is -2.17. The highest BCUT2D eigenvalue weighted by atomic mass is 19.3. The number of nitrogens with two attached hydrogens (primary N) is 1. The Balaban J connectivity index is 1.96. The normalized spacial score (nSPS) is 13.0. The molecule has 1 aromatic heterocycles. The van der Waals surface area contributed by atoms with Crippen molar-refractivity contribution < 1.29 is 13.5 Å². The monoisotopic (exact) mass is 292 g/mol. The predicted molar refractivity (Wildman–Crippen MR) is 77.4 cm³/mol. The molecule has 0 amide bonds. The van der Waals surface area contributed by atoms with Crippen LogP contribution >= 0.6 is 0 Å². The van der Waals surface area contributed by atoms with Gasteiger partial charge < -0.3 is 10.5 Å². The number of rotatable bonds is 6. The van der Waals surface area contributed by atoms with Gasteiger partial charge in [0.05, 0.1) is 6.20 Å². The van der Waals surface area contributed by atoms with Crippen LogP contribution in [-0.4, -0.2) is 17.6 Å². The third-order valence-corrected chi connectivity index (χ3v) is 2.94. The van der Waals surface area contributed by atoms with Crippen LogP contribution in [0.2, 0.25) is 0 Å². The van der Waals surface area contributed by atoms with E-state index in [1.165, 1.54) is 18.3 Å². The summed E-state index contributed by atoms with van der Waals surface area (Å²) in [6.07, 6.45) is 2.08. The average molecular weight is 292 g/mol. The summed E-state index contributed by atoms with van der Waals surface area (Å²) in [4.78, 5) is 4.14. The number of halogens is 2. The molecule has 0 aliphatic heterocycles.